The number of amides is 1. The average molecular weight is 323 g/mol. The summed E-state index contributed by atoms with van der Waals surface area (Å²) in [5, 5.41) is 59.3. The molecule has 0 aromatic heterocycles. The summed E-state index contributed by atoms with van der Waals surface area (Å²) in [6, 6.07) is -1.22. The smallest absolute Gasteiger partial charge is 0.338 e. The molecule has 1 aliphatic heterocycles. The Morgan fingerprint density at radius 2 is 1.95 bits per heavy atom. The molecule has 128 valence electrons. The van der Waals surface area contributed by atoms with E-state index in [1.165, 1.54) is 0 Å². The fourth-order valence-corrected chi connectivity index (χ4v) is 2.39. The van der Waals surface area contributed by atoms with Crippen LogP contribution in [0.1, 0.15) is 13.3 Å². The molecule has 1 fully saturated rings. The molecule has 1 saturated heterocycles. The zero-order valence-electron chi connectivity index (χ0n) is 11.9. The summed E-state index contributed by atoms with van der Waals surface area (Å²) in [6.07, 6.45) is -6.99. The summed E-state index contributed by atoms with van der Waals surface area (Å²) in [7, 11) is 0. The molecule has 10 heteroatoms. The van der Waals surface area contributed by atoms with E-state index < -0.39 is 67.6 Å². The number of nitrogens with one attached hydrogen (secondary N) is 1. The summed E-state index contributed by atoms with van der Waals surface area (Å²) in [4.78, 5) is 22.5. The predicted molar refractivity (Wildman–Crippen MR) is 69.7 cm³/mol. The Morgan fingerprint density at radius 3 is 2.36 bits per heavy atom. The Labute approximate surface area is 125 Å². The lowest BCUT2D eigenvalue weighted by Crippen LogP contribution is -2.68. The van der Waals surface area contributed by atoms with E-state index >= 15 is 0 Å². The molecule has 0 radical (unpaired) electrons. The SMILES string of the molecule is CC(=O)NC1C(O)CC(CO)(C(=O)O)O[C@H]1[C@H](O)[C@H](O)CO. The van der Waals surface area contributed by atoms with Gasteiger partial charge in [0.1, 0.15) is 18.3 Å². The van der Waals surface area contributed by atoms with Gasteiger partial charge in [0.25, 0.3) is 0 Å². The number of carboxylic acid groups (broad SMARTS) is 1. The summed E-state index contributed by atoms with van der Waals surface area (Å²) in [5.74, 6) is -2.14. The third-order valence-electron chi connectivity index (χ3n) is 3.60. The molecular weight excluding hydrogens is 302 g/mol. The van der Waals surface area contributed by atoms with Crippen molar-refractivity contribution in [2.24, 2.45) is 0 Å². The van der Waals surface area contributed by atoms with Crippen LogP contribution in [0.4, 0.5) is 0 Å². The number of aliphatic carboxylic acids is 1. The normalized spacial score (nSPS) is 34.7. The molecule has 0 bridgehead atoms. The molecule has 3 unspecified atom stereocenters. The first-order valence-corrected chi connectivity index (χ1v) is 6.62. The minimum Gasteiger partial charge on any atom is -0.479 e. The van der Waals surface area contributed by atoms with E-state index in [0.29, 0.717) is 0 Å². The second-order valence-corrected chi connectivity index (χ2v) is 5.28. The van der Waals surface area contributed by atoms with Crippen molar-refractivity contribution in [1.82, 2.24) is 5.32 Å². The van der Waals surface area contributed by atoms with E-state index in [1.54, 1.807) is 0 Å². The largest absolute Gasteiger partial charge is 0.479 e. The van der Waals surface area contributed by atoms with Crippen molar-refractivity contribution in [3.8, 4) is 0 Å². The van der Waals surface area contributed by atoms with Crippen LogP contribution in [0.3, 0.4) is 0 Å². The highest BCUT2D eigenvalue weighted by atomic mass is 16.6. The number of carbonyl (C=O) groups excluding carboxylic acids is 1. The fourth-order valence-electron chi connectivity index (χ4n) is 2.39. The summed E-state index contributed by atoms with van der Waals surface area (Å²) in [5.41, 5.74) is -2.19. The Hall–Kier alpha value is -1.30. The number of carbonyl (C=O) groups is 2. The summed E-state index contributed by atoms with van der Waals surface area (Å²) < 4.78 is 5.21. The Kier molecular flexibility index (Phi) is 6.23. The van der Waals surface area contributed by atoms with Gasteiger partial charge >= 0.3 is 5.97 Å². The molecule has 1 heterocycles. The van der Waals surface area contributed by atoms with Crippen molar-refractivity contribution in [3.05, 3.63) is 0 Å². The van der Waals surface area contributed by atoms with Crippen molar-refractivity contribution in [1.29, 1.82) is 0 Å². The number of ether oxygens (including phenoxy) is 1. The second-order valence-electron chi connectivity index (χ2n) is 5.28. The first-order valence-electron chi connectivity index (χ1n) is 6.62. The van der Waals surface area contributed by atoms with Gasteiger partial charge in [-0.05, 0) is 0 Å². The maximum atomic E-state index is 11.3. The van der Waals surface area contributed by atoms with Crippen LogP contribution in [0.2, 0.25) is 0 Å². The van der Waals surface area contributed by atoms with Gasteiger partial charge in [0.15, 0.2) is 5.60 Å². The monoisotopic (exact) mass is 323 g/mol. The lowest BCUT2D eigenvalue weighted by molar-refractivity contribution is -0.237. The zero-order chi connectivity index (χ0) is 17.1. The van der Waals surface area contributed by atoms with Crippen molar-refractivity contribution >= 4 is 11.9 Å². The highest BCUT2D eigenvalue weighted by Crippen LogP contribution is 2.32. The number of aliphatic hydroxyl groups is 5. The van der Waals surface area contributed by atoms with Gasteiger partial charge in [-0.3, -0.25) is 4.79 Å². The van der Waals surface area contributed by atoms with Crippen LogP contribution in [0, 0.1) is 0 Å². The lowest BCUT2D eigenvalue weighted by atomic mass is 9.84. The number of aliphatic hydroxyl groups excluding tert-OH is 5. The molecule has 1 aliphatic rings. The van der Waals surface area contributed by atoms with Crippen molar-refractivity contribution in [3.63, 3.8) is 0 Å². The Bertz CT molecular complexity index is 417. The summed E-state index contributed by atoms with van der Waals surface area (Å²) >= 11 is 0. The molecule has 0 aromatic rings. The summed E-state index contributed by atoms with van der Waals surface area (Å²) in [6.45, 7) is -0.683. The van der Waals surface area contributed by atoms with E-state index in [9.17, 15) is 35.1 Å². The predicted octanol–water partition coefficient (Wildman–Crippen LogP) is -3.83. The molecule has 22 heavy (non-hydrogen) atoms. The van der Waals surface area contributed by atoms with Gasteiger partial charge < -0.3 is 40.7 Å². The van der Waals surface area contributed by atoms with Crippen LogP contribution >= 0.6 is 0 Å². The van der Waals surface area contributed by atoms with E-state index in [4.69, 9.17) is 9.84 Å². The highest BCUT2D eigenvalue weighted by Gasteiger charge is 2.54. The minimum atomic E-state index is -2.19. The third kappa shape index (κ3) is 3.72. The van der Waals surface area contributed by atoms with Crippen LogP contribution in [-0.2, 0) is 14.3 Å². The first kappa shape index (κ1) is 18.7. The van der Waals surface area contributed by atoms with E-state index in [-0.39, 0.29) is 0 Å². The quantitative estimate of drug-likeness (QED) is 0.258. The maximum Gasteiger partial charge on any atom is 0.338 e. The van der Waals surface area contributed by atoms with Gasteiger partial charge in [-0.15, -0.1) is 0 Å². The Morgan fingerprint density at radius 1 is 1.36 bits per heavy atom. The minimum absolute atomic E-state index is 0.526. The molecule has 0 saturated carbocycles. The van der Waals surface area contributed by atoms with Crippen molar-refractivity contribution in [2.45, 2.75) is 49.4 Å². The molecular formula is C12H21NO9. The lowest BCUT2D eigenvalue weighted by Gasteiger charge is -2.46. The maximum absolute atomic E-state index is 11.3. The van der Waals surface area contributed by atoms with Gasteiger partial charge in [-0.25, -0.2) is 4.79 Å². The fraction of sp³-hybridized carbons (Fsp3) is 0.833. The van der Waals surface area contributed by atoms with Crippen LogP contribution in [-0.4, -0.2) is 91.8 Å². The molecule has 10 nitrogen and oxygen atoms in total. The molecule has 0 spiro atoms. The van der Waals surface area contributed by atoms with Crippen LogP contribution in [0.25, 0.3) is 0 Å². The Balaban J connectivity index is 3.14. The molecule has 7 N–H and O–H groups in total. The first-order chi connectivity index (χ1) is 10.2. The van der Waals surface area contributed by atoms with Crippen molar-refractivity contribution in [2.75, 3.05) is 13.2 Å². The molecule has 1 amide bonds. The van der Waals surface area contributed by atoms with Gasteiger partial charge in [-0.2, -0.15) is 0 Å². The molecule has 0 aromatic carbocycles. The average Bonchev–Trinajstić information content (AvgIpc) is 2.46. The second kappa shape index (κ2) is 7.31. The highest BCUT2D eigenvalue weighted by molar-refractivity contribution is 5.78. The van der Waals surface area contributed by atoms with Crippen molar-refractivity contribution < 1.29 is 45.0 Å². The van der Waals surface area contributed by atoms with Crippen LogP contribution in [0.15, 0.2) is 0 Å². The van der Waals surface area contributed by atoms with Gasteiger partial charge in [0.2, 0.25) is 5.91 Å². The number of carboxylic acids is 1. The standard InChI is InChI=1S/C12H21NO9/c1-5(16)13-8-6(17)2-12(4-15,11(20)21)22-10(8)9(19)7(18)3-14/h6-10,14-15,17-19H,2-4H2,1H3,(H,13,16)(H,20,21)/t6?,7-,8?,9-,10-,12?/m1/s1. The van der Waals surface area contributed by atoms with E-state index in [0.717, 1.165) is 6.92 Å². The number of rotatable bonds is 6. The zero-order valence-corrected chi connectivity index (χ0v) is 11.9. The van der Waals surface area contributed by atoms with Crippen LogP contribution in [0.5, 0.6) is 0 Å². The van der Waals surface area contributed by atoms with Gasteiger partial charge in [0, 0.05) is 13.3 Å². The van der Waals surface area contributed by atoms with Gasteiger partial charge in [-0.1, -0.05) is 0 Å². The van der Waals surface area contributed by atoms with E-state index in [1.807, 2.05) is 0 Å². The molecule has 6 atom stereocenters. The molecule has 1 rings (SSSR count). The van der Waals surface area contributed by atoms with Crippen LogP contribution < -0.4 is 5.32 Å². The molecule has 0 aliphatic carbocycles. The third-order valence-corrected chi connectivity index (χ3v) is 3.60. The van der Waals surface area contributed by atoms with E-state index in [2.05, 4.69) is 5.32 Å². The number of hydrogen-bond donors (Lipinski definition) is 7. The number of hydrogen-bond acceptors (Lipinski definition) is 8. The van der Waals surface area contributed by atoms with Gasteiger partial charge in [0.05, 0.1) is 25.4 Å². The topological polar surface area (TPSA) is 177 Å².